The number of nitrogens with zero attached hydrogens (tertiary/aromatic N) is 4. The Morgan fingerprint density at radius 2 is 1.66 bits per heavy atom. The molecule has 5 heterocycles. The van der Waals surface area contributed by atoms with Crippen LogP contribution in [0.25, 0.3) is 54.8 Å². The Labute approximate surface area is 385 Å². The minimum atomic E-state index is -0.990. The number of carbonyl (C=O) groups excluding carboxylic acids is 4. The van der Waals surface area contributed by atoms with Crippen LogP contribution in [0.4, 0.5) is 9.59 Å². The highest BCUT2D eigenvalue weighted by atomic mass is 16.5. The van der Waals surface area contributed by atoms with Gasteiger partial charge in [0, 0.05) is 42.0 Å². The molecule has 0 bridgehead atoms. The molecular weight excluding hydrogens is 857 g/mol. The zero-order valence-electron chi connectivity index (χ0n) is 38.5. The molecule has 2 saturated heterocycles. The number of fused-ring (bicyclic) bond motifs is 6. The summed E-state index contributed by atoms with van der Waals surface area (Å²) >= 11 is 0. The largest absolute Gasteiger partial charge is 0.453 e. The Hall–Kier alpha value is -7.27. The van der Waals surface area contributed by atoms with E-state index in [1.807, 2.05) is 75.1 Å². The van der Waals surface area contributed by atoms with Crippen LogP contribution in [0.15, 0.2) is 88.2 Å². The monoisotopic (exact) mass is 910 g/mol. The summed E-state index contributed by atoms with van der Waals surface area (Å²) in [6.45, 7) is 8.60. The molecule has 0 saturated carbocycles. The topological polar surface area (TPSA) is 214 Å². The van der Waals surface area contributed by atoms with E-state index in [-0.39, 0.29) is 29.7 Å². The molecule has 4 aromatic carbocycles. The number of carbonyl (C=O) groups is 4. The number of hydrogen-bond acceptors (Lipinski definition) is 11. The van der Waals surface area contributed by atoms with Crippen LogP contribution in [0, 0.1) is 11.8 Å². The van der Waals surface area contributed by atoms with E-state index in [1.54, 1.807) is 48.5 Å². The summed E-state index contributed by atoms with van der Waals surface area (Å²) in [5.41, 5.74) is 2.49. The zero-order valence-corrected chi connectivity index (χ0v) is 38.5. The van der Waals surface area contributed by atoms with Gasteiger partial charge in [0.1, 0.15) is 29.3 Å². The summed E-state index contributed by atoms with van der Waals surface area (Å²) in [5, 5.41) is 8.95. The molecule has 3 aromatic heterocycles. The highest BCUT2D eigenvalue weighted by Gasteiger charge is 2.49. The highest BCUT2D eigenvalue weighted by molar-refractivity contribution is 6.14. The molecule has 7 aromatic rings. The number of likely N-dealkylation sites (tertiary alicyclic amines) is 2. The highest BCUT2D eigenvalue weighted by Crippen LogP contribution is 2.43. The van der Waals surface area contributed by atoms with Crippen molar-refractivity contribution in [1.29, 1.82) is 0 Å². The molecule has 348 valence electrons. The molecule has 67 heavy (non-hydrogen) atoms. The molecule has 4 amide bonds. The van der Waals surface area contributed by atoms with E-state index < -0.39 is 41.5 Å². The molecule has 17 nitrogen and oxygen atoms in total. The smallest absolute Gasteiger partial charge is 0.407 e. The van der Waals surface area contributed by atoms with Gasteiger partial charge in [-0.25, -0.2) is 24.4 Å². The first kappa shape index (κ1) is 44.9. The van der Waals surface area contributed by atoms with Gasteiger partial charge in [0.2, 0.25) is 5.91 Å². The summed E-state index contributed by atoms with van der Waals surface area (Å²) in [4.78, 5) is 87.4. The number of alkyl carbamates (subject to hydrolysis) is 2. The Kier molecular flexibility index (Phi) is 12.0. The molecule has 6 atom stereocenters. The fourth-order valence-corrected chi connectivity index (χ4v) is 10.1. The van der Waals surface area contributed by atoms with Crippen LogP contribution in [0.5, 0.6) is 0 Å². The number of rotatable bonds is 11. The number of methoxy groups -OCH3 is 3. The van der Waals surface area contributed by atoms with E-state index in [0.29, 0.717) is 76.3 Å². The van der Waals surface area contributed by atoms with Crippen LogP contribution < -0.4 is 16.3 Å². The fraction of sp³-hybridized carbons (Fsp3) is 0.380. The van der Waals surface area contributed by atoms with Crippen molar-refractivity contribution in [1.82, 2.24) is 40.4 Å². The number of benzene rings is 4. The molecule has 17 heteroatoms. The van der Waals surface area contributed by atoms with Gasteiger partial charge < -0.3 is 49.0 Å². The zero-order chi connectivity index (χ0) is 47.3. The van der Waals surface area contributed by atoms with Gasteiger partial charge in [0.15, 0.2) is 0 Å². The lowest BCUT2D eigenvalue weighted by molar-refractivity contribution is -0.141. The van der Waals surface area contributed by atoms with Gasteiger partial charge in [-0.15, -0.1) is 0 Å². The van der Waals surface area contributed by atoms with Crippen molar-refractivity contribution in [2.45, 2.75) is 76.7 Å². The predicted octanol–water partition coefficient (Wildman–Crippen LogP) is 7.61. The third-order valence-electron chi connectivity index (χ3n) is 13.6. The second-order valence-corrected chi connectivity index (χ2v) is 18.2. The third kappa shape index (κ3) is 8.10. The van der Waals surface area contributed by atoms with Crippen LogP contribution in [-0.4, -0.2) is 100 Å². The summed E-state index contributed by atoms with van der Waals surface area (Å²) in [6, 6.07) is 20.1. The van der Waals surface area contributed by atoms with Gasteiger partial charge in [0.05, 0.1) is 60.7 Å². The molecule has 0 aliphatic carbocycles. The molecule has 0 spiro atoms. The first-order valence-electron chi connectivity index (χ1n) is 22.5. The normalized spacial score (nSPS) is 20.5. The van der Waals surface area contributed by atoms with Gasteiger partial charge in [-0.2, -0.15) is 0 Å². The van der Waals surface area contributed by atoms with Gasteiger partial charge >= 0.3 is 17.8 Å². The Morgan fingerprint density at radius 1 is 0.896 bits per heavy atom. The molecule has 2 aliphatic heterocycles. The summed E-state index contributed by atoms with van der Waals surface area (Å²) < 4.78 is 21.3. The number of ether oxygens (including phenoxy) is 3. The molecule has 9 rings (SSSR count). The van der Waals surface area contributed by atoms with E-state index in [2.05, 4.69) is 20.6 Å². The van der Waals surface area contributed by atoms with E-state index >= 15 is 0 Å². The van der Waals surface area contributed by atoms with Crippen molar-refractivity contribution in [3.63, 3.8) is 0 Å². The molecule has 0 radical (unpaired) electrons. The lowest BCUT2D eigenvalue weighted by atomic mass is 9.95. The van der Waals surface area contributed by atoms with Crippen molar-refractivity contribution < 1.29 is 37.8 Å². The number of hydrogen-bond donors (Lipinski definition) is 4. The minimum absolute atomic E-state index is 0.0177. The summed E-state index contributed by atoms with van der Waals surface area (Å²) in [5.74, 6) is 0.495. The maximum Gasteiger partial charge on any atom is 0.407 e. The van der Waals surface area contributed by atoms with Crippen molar-refractivity contribution in [2.75, 3.05) is 34.5 Å². The van der Waals surface area contributed by atoms with Gasteiger partial charge in [0.25, 0.3) is 5.91 Å². The average molecular weight is 911 g/mol. The van der Waals surface area contributed by atoms with E-state index in [0.717, 1.165) is 28.1 Å². The summed E-state index contributed by atoms with van der Waals surface area (Å²) in [7, 11) is 4.16. The van der Waals surface area contributed by atoms with Gasteiger partial charge in [-0.1, -0.05) is 62.4 Å². The number of amides is 4. The molecule has 0 unspecified atom stereocenters. The molecule has 4 N–H and O–H groups in total. The van der Waals surface area contributed by atoms with E-state index in [1.165, 1.54) is 14.2 Å². The quantitative estimate of drug-likeness (QED) is 0.0563. The Balaban J connectivity index is 1.03. The average Bonchev–Trinajstić information content (AvgIpc) is 4.15. The molecule has 2 aliphatic rings. The third-order valence-corrected chi connectivity index (χ3v) is 13.6. The maximum atomic E-state index is 14.3. The number of H-pyrrole nitrogens is 2. The number of aromatic nitrogens is 4. The van der Waals surface area contributed by atoms with E-state index in [9.17, 15) is 24.0 Å². The first-order valence-corrected chi connectivity index (χ1v) is 22.5. The van der Waals surface area contributed by atoms with Gasteiger partial charge in [-0.3, -0.25) is 9.59 Å². The lowest BCUT2D eigenvalue weighted by Gasteiger charge is -2.39. The van der Waals surface area contributed by atoms with Crippen molar-refractivity contribution in [3.8, 4) is 11.3 Å². The SMILES string of the molecule is COC[C@H]1C[C@@H](c2ncc(-c3ccc4c(c3)c(=O)oc3cc5c(ccc6[nH]c([C@]7(C)CC[C@H](C)N7C(=O)[C@@H](NC(=O)OC)C(C)C)nc65)cc34)[nH]2)N(C(=O)[C@H](NC(=O)OC)c2ccccc2)C1. The van der Waals surface area contributed by atoms with Crippen LogP contribution in [0.2, 0.25) is 0 Å². The first-order chi connectivity index (χ1) is 32.2. The lowest BCUT2D eigenvalue weighted by Crippen LogP contribution is -2.56. The Bertz CT molecular complexity index is 3110. The van der Waals surface area contributed by atoms with Crippen molar-refractivity contribution in [3.05, 3.63) is 107 Å². The van der Waals surface area contributed by atoms with Gasteiger partial charge in [-0.05, 0) is 79.6 Å². The van der Waals surface area contributed by atoms with E-state index in [4.69, 9.17) is 28.6 Å². The standard InChI is InChI=1S/C50H54N8O9/c1-26(2)40(55-48(62)65-6)45(60)58-27(3)17-18-50(58,4)47-53-36-16-14-30-20-34-32-15-13-31(21-35(32)46(61)67-39(34)22-33(30)42(36)54-47)37-23-51-43(52-37)38-19-28(25-64-5)24-57(38)44(59)41(56-49(63)66-7)29-11-9-8-10-12-29/h8-16,20-23,26-28,38,40-41H,17-19,24-25H2,1-7H3,(H,51,52)(H,53,54)(H,55,62)(H,56,63)/t27-,28-,38-,40-,41+,50-/m0/s1. The van der Waals surface area contributed by atoms with Crippen molar-refractivity contribution >= 4 is 67.5 Å². The molecular formula is C50H54N8O9. The number of imidazole rings is 2. The van der Waals surface area contributed by atoms with Crippen LogP contribution in [0.3, 0.4) is 0 Å². The van der Waals surface area contributed by atoms with Crippen LogP contribution in [0.1, 0.15) is 76.3 Å². The summed E-state index contributed by atoms with van der Waals surface area (Å²) in [6.07, 6.45) is 2.28. The van der Waals surface area contributed by atoms with Crippen LogP contribution >= 0.6 is 0 Å². The number of nitrogens with one attached hydrogen (secondary N) is 4. The second-order valence-electron chi connectivity index (χ2n) is 18.2. The Morgan fingerprint density at radius 3 is 2.39 bits per heavy atom. The minimum Gasteiger partial charge on any atom is -0.453 e. The number of aromatic amines is 2. The fourth-order valence-electron chi connectivity index (χ4n) is 10.1. The maximum absolute atomic E-state index is 14.3. The van der Waals surface area contributed by atoms with Crippen molar-refractivity contribution in [2.24, 2.45) is 11.8 Å². The second kappa shape index (κ2) is 17.8. The molecule has 2 fully saturated rings. The van der Waals surface area contributed by atoms with Crippen LogP contribution in [-0.2, 0) is 29.3 Å². The predicted molar refractivity (Wildman–Crippen MR) is 251 cm³/mol.